The van der Waals surface area contributed by atoms with Gasteiger partial charge < -0.3 is 15.4 Å². The Kier molecular flexibility index (Phi) is 6.07. The van der Waals surface area contributed by atoms with E-state index in [1.54, 1.807) is 0 Å². The fraction of sp³-hybridized carbons (Fsp3) is 0.381. The molecule has 1 amide bonds. The fourth-order valence-electron chi connectivity index (χ4n) is 3.12. The maximum Gasteiger partial charge on any atom is 0.261 e. The second-order valence-electron chi connectivity index (χ2n) is 6.58. The number of piperidine rings is 1. The largest absolute Gasteiger partial charge is 0.481 e. The van der Waals surface area contributed by atoms with E-state index in [1.165, 1.54) is 5.56 Å². The van der Waals surface area contributed by atoms with Gasteiger partial charge in [0.05, 0.1) is 0 Å². The molecule has 0 aliphatic carbocycles. The van der Waals surface area contributed by atoms with E-state index in [4.69, 9.17) is 4.74 Å². The van der Waals surface area contributed by atoms with Crippen molar-refractivity contribution in [2.75, 3.05) is 13.1 Å². The molecule has 4 heteroatoms. The van der Waals surface area contributed by atoms with Crippen LogP contribution in [-0.4, -0.2) is 31.1 Å². The molecule has 2 atom stereocenters. The van der Waals surface area contributed by atoms with Crippen molar-refractivity contribution in [3.05, 3.63) is 65.7 Å². The number of rotatable bonds is 6. The third kappa shape index (κ3) is 5.07. The van der Waals surface area contributed by atoms with Gasteiger partial charge in [-0.05, 0) is 43.5 Å². The van der Waals surface area contributed by atoms with Gasteiger partial charge in [-0.15, -0.1) is 0 Å². The molecule has 0 aromatic heterocycles. The second-order valence-corrected chi connectivity index (χ2v) is 6.58. The first kappa shape index (κ1) is 17.5. The van der Waals surface area contributed by atoms with Crippen LogP contribution in [0, 0.1) is 0 Å². The molecule has 2 aromatic rings. The molecule has 0 radical (unpaired) electrons. The number of para-hydroxylation sites is 1. The van der Waals surface area contributed by atoms with E-state index < -0.39 is 6.10 Å². The SMILES string of the molecule is CC(Oc1ccccc1Cc1ccccc1)C(=O)N[C@H]1CCCNC1. The minimum atomic E-state index is -0.515. The van der Waals surface area contributed by atoms with Crippen LogP contribution in [0.25, 0.3) is 0 Å². The van der Waals surface area contributed by atoms with Crippen molar-refractivity contribution < 1.29 is 9.53 Å². The lowest BCUT2D eigenvalue weighted by Crippen LogP contribution is -2.49. The summed E-state index contributed by atoms with van der Waals surface area (Å²) in [4.78, 5) is 12.4. The number of benzene rings is 2. The van der Waals surface area contributed by atoms with Crippen molar-refractivity contribution in [3.63, 3.8) is 0 Å². The van der Waals surface area contributed by atoms with E-state index in [2.05, 4.69) is 28.8 Å². The van der Waals surface area contributed by atoms with Gasteiger partial charge in [0.2, 0.25) is 0 Å². The number of hydrogen-bond acceptors (Lipinski definition) is 3. The lowest BCUT2D eigenvalue weighted by Gasteiger charge is -2.25. The van der Waals surface area contributed by atoms with Gasteiger partial charge in [0.25, 0.3) is 5.91 Å². The van der Waals surface area contributed by atoms with Gasteiger partial charge in [-0.2, -0.15) is 0 Å². The molecule has 0 spiro atoms. The molecule has 0 saturated carbocycles. The maximum atomic E-state index is 12.4. The first-order chi connectivity index (χ1) is 12.2. The summed E-state index contributed by atoms with van der Waals surface area (Å²) in [6.45, 7) is 3.68. The Hall–Kier alpha value is -2.33. The van der Waals surface area contributed by atoms with Crippen LogP contribution >= 0.6 is 0 Å². The van der Waals surface area contributed by atoms with E-state index >= 15 is 0 Å². The number of hydrogen-bond donors (Lipinski definition) is 2. The summed E-state index contributed by atoms with van der Waals surface area (Å²) in [6.07, 6.45) is 2.40. The number of nitrogens with one attached hydrogen (secondary N) is 2. The molecule has 1 saturated heterocycles. The van der Waals surface area contributed by atoms with Gasteiger partial charge in [-0.1, -0.05) is 48.5 Å². The minimum absolute atomic E-state index is 0.0526. The molecule has 1 aliphatic heterocycles. The van der Waals surface area contributed by atoms with Crippen molar-refractivity contribution in [3.8, 4) is 5.75 Å². The Morgan fingerprint density at radius 1 is 1.20 bits per heavy atom. The molecule has 1 aliphatic rings. The van der Waals surface area contributed by atoms with E-state index in [-0.39, 0.29) is 11.9 Å². The maximum absolute atomic E-state index is 12.4. The molecule has 2 aromatic carbocycles. The van der Waals surface area contributed by atoms with E-state index in [1.807, 2.05) is 43.3 Å². The highest BCUT2D eigenvalue weighted by molar-refractivity contribution is 5.81. The molecular weight excluding hydrogens is 312 g/mol. The van der Waals surface area contributed by atoms with E-state index in [0.717, 1.165) is 43.7 Å². The third-order valence-electron chi connectivity index (χ3n) is 4.53. The minimum Gasteiger partial charge on any atom is -0.481 e. The first-order valence-corrected chi connectivity index (χ1v) is 9.02. The van der Waals surface area contributed by atoms with Gasteiger partial charge in [-0.3, -0.25) is 4.79 Å². The van der Waals surface area contributed by atoms with Gasteiger partial charge in [0.1, 0.15) is 5.75 Å². The predicted molar refractivity (Wildman–Crippen MR) is 99.8 cm³/mol. The van der Waals surface area contributed by atoms with Crippen LogP contribution in [0.1, 0.15) is 30.9 Å². The Balaban J connectivity index is 1.62. The Morgan fingerprint density at radius 3 is 2.72 bits per heavy atom. The van der Waals surface area contributed by atoms with E-state index in [9.17, 15) is 4.79 Å². The lowest BCUT2D eigenvalue weighted by molar-refractivity contribution is -0.128. The molecule has 2 N–H and O–H groups in total. The average molecular weight is 338 g/mol. The third-order valence-corrected chi connectivity index (χ3v) is 4.53. The van der Waals surface area contributed by atoms with Gasteiger partial charge in [-0.25, -0.2) is 0 Å². The molecule has 25 heavy (non-hydrogen) atoms. The van der Waals surface area contributed by atoms with Crippen molar-refractivity contribution >= 4 is 5.91 Å². The summed E-state index contributed by atoms with van der Waals surface area (Å²) in [5.41, 5.74) is 2.32. The first-order valence-electron chi connectivity index (χ1n) is 9.02. The molecule has 1 heterocycles. The summed E-state index contributed by atoms with van der Waals surface area (Å²) < 4.78 is 5.99. The van der Waals surface area contributed by atoms with Crippen LogP contribution in [0.3, 0.4) is 0 Å². The predicted octanol–water partition coefficient (Wildman–Crippen LogP) is 2.91. The van der Waals surface area contributed by atoms with Crippen LogP contribution in [0.4, 0.5) is 0 Å². The normalized spacial score (nSPS) is 18.4. The van der Waals surface area contributed by atoms with Gasteiger partial charge in [0, 0.05) is 19.0 Å². The van der Waals surface area contributed by atoms with Gasteiger partial charge in [0.15, 0.2) is 6.10 Å². The number of ether oxygens (including phenoxy) is 1. The Morgan fingerprint density at radius 2 is 1.96 bits per heavy atom. The molecule has 0 bridgehead atoms. The van der Waals surface area contributed by atoms with Crippen LogP contribution in [-0.2, 0) is 11.2 Å². The fourth-order valence-corrected chi connectivity index (χ4v) is 3.12. The van der Waals surface area contributed by atoms with Crippen LogP contribution in [0.15, 0.2) is 54.6 Å². The van der Waals surface area contributed by atoms with Gasteiger partial charge >= 0.3 is 0 Å². The zero-order valence-electron chi connectivity index (χ0n) is 14.7. The molecule has 4 nitrogen and oxygen atoms in total. The molecule has 3 rings (SSSR count). The topological polar surface area (TPSA) is 50.4 Å². The van der Waals surface area contributed by atoms with Crippen molar-refractivity contribution in [1.29, 1.82) is 0 Å². The van der Waals surface area contributed by atoms with Crippen molar-refractivity contribution in [1.82, 2.24) is 10.6 Å². The highest BCUT2D eigenvalue weighted by Gasteiger charge is 2.21. The molecule has 1 fully saturated rings. The molecular formula is C21H26N2O2. The number of amides is 1. The standard InChI is InChI=1S/C21H26N2O2/c1-16(21(24)23-19-11-7-13-22-15-19)25-20-12-6-5-10-18(20)14-17-8-3-2-4-9-17/h2-6,8-10,12,16,19,22H,7,11,13-15H2,1H3,(H,23,24)/t16?,19-/m0/s1. The highest BCUT2D eigenvalue weighted by Crippen LogP contribution is 2.22. The monoisotopic (exact) mass is 338 g/mol. The molecule has 1 unspecified atom stereocenters. The zero-order valence-corrected chi connectivity index (χ0v) is 14.7. The highest BCUT2D eigenvalue weighted by atomic mass is 16.5. The quantitative estimate of drug-likeness (QED) is 0.851. The van der Waals surface area contributed by atoms with Crippen LogP contribution in [0.2, 0.25) is 0 Å². The summed E-state index contributed by atoms with van der Waals surface area (Å²) in [6, 6.07) is 18.4. The zero-order chi connectivity index (χ0) is 17.5. The number of carbonyl (C=O) groups excluding carboxylic acids is 1. The second kappa shape index (κ2) is 8.67. The Bertz CT molecular complexity index is 681. The summed E-state index contributed by atoms with van der Waals surface area (Å²) in [5.74, 6) is 0.721. The van der Waals surface area contributed by atoms with Crippen molar-refractivity contribution in [2.24, 2.45) is 0 Å². The number of carbonyl (C=O) groups is 1. The molecule has 132 valence electrons. The summed E-state index contributed by atoms with van der Waals surface area (Å²) in [7, 11) is 0. The van der Waals surface area contributed by atoms with E-state index in [0.29, 0.717) is 0 Å². The van der Waals surface area contributed by atoms with Crippen LogP contribution in [0.5, 0.6) is 5.75 Å². The average Bonchev–Trinajstić information content (AvgIpc) is 2.65. The Labute approximate surface area is 149 Å². The summed E-state index contributed by atoms with van der Waals surface area (Å²) in [5, 5.41) is 6.39. The lowest BCUT2D eigenvalue weighted by atomic mass is 10.0. The summed E-state index contributed by atoms with van der Waals surface area (Å²) >= 11 is 0. The van der Waals surface area contributed by atoms with Crippen LogP contribution < -0.4 is 15.4 Å². The van der Waals surface area contributed by atoms with Crippen molar-refractivity contribution in [2.45, 2.75) is 38.3 Å². The smallest absolute Gasteiger partial charge is 0.261 e.